The zero-order chi connectivity index (χ0) is 13.1. The molecule has 2 atom stereocenters. The summed E-state index contributed by atoms with van der Waals surface area (Å²) in [5.74, 6) is 0.837. The van der Waals surface area contributed by atoms with Gasteiger partial charge in [0.2, 0.25) is 10.0 Å². The fourth-order valence-electron chi connectivity index (χ4n) is 2.70. The van der Waals surface area contributed by atoms with E-state index >= 15 is 0 Å². The molecule has 4 nitrogen and oxygen atoms in total. The lowest BCUT2D eigenvalue weighted by molar-refractivity contribution is 0.0805. The molecule has 5 heteroatoms. The summed E-state index contributed by atoms with van der Waals surface area (Å²) in [5.41, 5.74) is -0.0000926. The third kappa shape index (κ3) is 3.93. The Morgan fingerprint density at radius 3 is 2.53 bits per heavy atom. The van der Waals surface area contributed by atoms with Gasteiger partial charge < -0.3 is 4.90 Å². The molecule has 0 aromatic rings. The number of hydrogen-bond acceptors (Lipinski definition) is 3. The summed E-state index contributed by atoms with van der Waals surface area (Å²) >= 11 is 0. The number of hydrogen-bond donors (Lipinski definition) is 1. The van der Waals surface area contributed by atoms with Crippen LogP contribution in [0, 0.1) is 5.92 Å². The predicted molar refractivity (Wildman–Crippen MR) is 71.5 cm³/mol. The molecule has 102 valence electrons. The molecular weight excluding hydrogens is 236 g/mol. The SMILES string of the molecule is CCS(=O)(=O)NCC1(N(C)C)CCCC(C)C1. The molecule has 1 aliphatic rings. The van der Waals surface area contributed by atoms with Crippen molar-refractivity contribution < 1.29 is 8.42 Å². The molecular formula is C12H26N2O2S. The lowest BCUT2D eigenvalue weighted by atomic mass is 9.75. The van der Waals surface area contributed by atoms with Gasteiger partial charge in [-0.25, -0.2) is 13.1 Å². The van der Waals surface area contributed by atoms with E-state index in [9.17, 15) is 8.42 Å². The van der Waals surface area contributed by atoms with Gasteiger partial charge in [0.15, 0.2) is 0 Å². The van der Waals surface area contributed by atoms with E-state index in [1.165, 1.54) is 12.8 Å². The Morgan fingerprint density at radius 2 is 2.06 bits per heavy atom. The van der Waals surface area contributed by atoms with Crippen molar-refractivity contribution >= 4 is 10.0 Å². The molecule has 0 spiro atoms. The highest BCUT2D eigenvalue weighted by Crippen LogP contribution is 2.35. The van der Waals surface area contributed by atoms with Crippen LogP contribution in [0.2, 0.25) is 0 Å². The molecule has 1 aliphatic carbocycles. The number of rotatable bonds is 5. The molecule has 0 radical (unpaired) electrons. The first-order chi connectivity index (χ1) is 7.81. The Labute approximate surface area is 106 Å². The minimum Gasteiger partial charge on any atom is -0.302 e. The molecule has 0 bridgehead atoms. The monoisotopic (exact) mass is 262 g/mol. The standard InChI is InChI=1S/C12H26N2O2S/c1-5-17(15,16)13-10-12(14(3)4)8-6-7-11(2)9-12/h11,13H,5-10H2,1-4H3. The first-order valence-corrected chi connectivity index (χ1v) is 8.11. The van der Waals surface area contributed by atoms with Gasteiger partial charge in [-0.2, -0.15) is 0 Å². The Bertz CT molecular complexity index is 340. The molecule has 0 aromatic carbocycles. The summed E-state index contributed by atoms with van der Waals surface area (Å²) in [4.78, 5) is 2.20. The number of sulfonamides is 1. The Balaban J connectivity index is 2.72. The minimum atomic E-state index is -3.08. The Hall–Kier alpha value is -0.130. The maximum Gasteiger partial charge on any atom is 0.211 e. The van der Waals surface area contributed by atoms with Gasteiger partial charge in [0.1, 0.15) is 0 Å². The van der Waals surface area contributed by atoms with Crippen LogP contribution in [-0.2, 0) is 10.0 Å². The second kappa shape index (κ2) is 5.67. The van der Waals surface area contributed by atoms with Crippen molar-refractivity contribution in [3.8, 4) is 0 Å². The molecule has 0 aliphatic heterocycles. The van der Waals surface area contributed by atoms with Crippen molar-refractivity contribution in [2.75, 3.05) is 26.4 Å². The zero-order valence-electron chi connectivity index (χ0n) is 11.5. The first-order valence-electron chi connectivity index (χ1n) is 6.46. The van der Waals surface area contributed by atoms with Gasteiger partial charge in [-0.05, 0) is 39.8 Å². The van der Waals surface area contributed by atoms with Crippen molar-refractivity contribution in [3.63, 3.8) is 0 Å². The van der Waals surface area contributed by atoms with Crippen LogP contribution in [0.1, 0.15) is 39.5 Å². The molecule has 1 saturated carbocycles. The topological polar surface area (TPSA) is 49.4 Å². The summed E-state index contributed by atoms with van der Waals surface area (Å²) in [6.45, 7) is 4.47. The second-order valence-corrected chi connectivity index (χ2v) is 7.64. The van der Waals surface area contributed by atoms with Crippen LogP contribution in [0.4, 0.5) is 0 Å². The molecule has 0 heterocycles. The third-order valence-corrected chi connectivity index (χ3v) is 5.36. The number of nitrogens with one attached hydrogen (secondary N) is 1. The van der Waals surface area contributed by atoms with Gasteiger partial charge in [-0.1, -0.05) is 19.8 Å². The highest BCUT2D eigenvalue weighted by Gasteiger charge is 2.37. The van der Waals surface area contributed by atoms with Gasteiger partial charge in [0.25, 0.3) is 0 Å². The van der Waals surface area contributed by atoms with E-state index in [1.807, 2.05) is 0 Å². The van der Waals surface area contributed by atoms with Gasteiger partial charge in [0.05, 0.1) is 5.75 Å². The van der Waals surface area contributed by atoms with Crippen LogP contribution in [0.15, 0.2) is 0 Å². The van der Waals surface area contributed by atoms with Gasteiger partial charge in [-0.3, -0.25) is 0 Å². The van der Waals surface area contributed by atoms with Crippen LogP contribution < -0.4 is 4.72 Å². The summed E-state index contributed by atoms with van der Waals surface area (Å²) in [7, 11) is 1.02. The quantitative estimate of drug-likeness (QED) is 0.815. The van der Waals surface area contributed by atoms with Crippen LogP contribution in [-0.4, -0.2) is 45.2 Å². The van der Waals surface area contributed by atoms with Crippen molar-refractivity contribution in [1.82, 2.24) is 9.62 Å². The smallest absolute Gasteiger partial charge is 0.211 e. The number of likely N-dealkylation sites (N-methyl/N-ethyl adjacent to an activating group) is 1. The maximum atomic E-state index is 11.6. The molecule has 1 rings (SSSR count). The van der Waals surface area contributed by atoms with Gasteiger partial charge >= 0.3 is 0 Å². The lowest BCUT2D eigenvalue weighted by Gasteiger charge is -2.45. The maximum absolute atomic E-state index is 11.6. The number of nitrogens with zero attached hydrogens (tertiary/aromatic N) is 1. The molecule has 2 unspecified atom stereocenters. The van der Waals surface area contributed by atoms with Gasteiger partial charge in [-0.15, -0.1) is 0 Å². The third-order valence-electron chi connectivity index (χ3n) is 4.02. The van der Waals surface area contributed by atoms with E-state index in [1.54, 1.807) is 6.92 Å². The van der Waals surface area contributed by atoms with Crippen LogP contribution in [0.3, 0.4) is 0 Å². The Morgan fingerprint density at radius 1 is 1.41 bits per heavy atom. The fraction of sp³-hybridized carbons (Fsp3) is 1.00. The van der Waals surface area contributed by atoms with Crippen LogP contribution in [0.25, 0.3) is 0 Å². The molecule has 0 saturated heterocycles. The van der Waals surface area contributed by atoms with E-state index in [0.717, 1.165) is 12.8 Å². The molecule has 1 N–H and O–H groups in total. The van der Waals surface area contributed by atoms with Crippen LogP contribution in [0.5, 0.6) is 0 Å². The molecule has 1 fully saturated rings. The van der Waals surface area contributed by atoms with Gasteiger partial charge in [0, 0.05) is 12.1 Å². The average molecular weight is 262 g/mol. The highest BCUT2D eigenvalue weighted by atomic mass is 32.2. The highest BCUT2D eigenvalue weighted by molar-refractivity contribution is 7.89. The van der Waals surface area contributed by atoms with E-state index in [2.05, 4.69) is 30.6 Å². The van der Waals surface area contributed by atoms with E-state index < -0.39 is 10.0 Å². The molecule has 17 heavy (non-hydrogen) atoms. The van der Waals surface area contributed by atoms with E-state index in [4.69, 9.17) is 0 Å². The Kier molecular flexibility index (Phi) is 4.98. The van der Waals surface area contributed by atoms with E-state index in [-0.39, 0.29) is 11.3 Å². The van der Waals surface area contributed by atoms with Crippen molar-refractivity contribution in [1.29, 1.82) is 0 Å². The largest absolute Gasteiger partial charge is 0.302 e. The van der Waals surface area contributed by atoms with Crippen LogP contribution >= 0.6 is 0 Å². The summed E-state index contributed by atoms with van der Waals surface area (Å²) in [6, 6.07) is 0. The molecule has 0 aromatic heterocycles. The normalized spacial score (nSPS) is 30.8. The second-order valence-electron chi connectivity index (χ2n) is 5.54. The average Bonchev–Trinajstić information content (AvgIpc) is 2.26. The summed E-state index contributed by atoms with van der Waals surface area (Å²) < 4.78 is 25.9. The van der Waals surface area contributed by atoms with Crippen molar-refractivity contribution in [2.45, 2.75) is 45.1 Å². The molecule has 0 amide bonds. The van der Waals surface area contributed by atoms with E-state index in [0.29, 0.717) is 12.5 Å². The van der Waals surface area contributed by atoms with Crippen molar-refractivity contribution in [3.05, 3.63) is 0 Å². The minimum absolute atomic E-state index is 0.0000926. The predicted octanol–water partition coefficient (Wildman–Crippen LogP) is 1.44. The van der Waals surface area contributed by atoms with Crippen molar-refractivity contribution in [2.24, 2.45) is 5.92 Å². The zero-order valence-corrected chi connectivity index (χ0v) is 12.3. The summed E-state index contributed by atoms with van der Waals surface area (Å²) in [6.07, 6.45) is 4.60. The fourth-order valence-corrected chi connectivity index (χ4v) is 3.40. The summed E-state index contributed by atoms with van der Waals surface area (Å²) in [5, 5.41) is 0. The first kappa shape index (κ1) is 14.9. The lowest BCUT2D eigenvalue weighted by Crippen LogP contribution is -2.55.